The Labute approximate surface area is 199 Å². The van der Waals surface area contributed by atoms with E-state index in [0.717, 1.165) is 17.7 Å². The van der Waals surface area contributed by atoms with E-state index in [0.29, 0.717) is 5.56 Å². The van der Waals surface area contributed by atoms with Crippen LogP contribution in [0.1, 0.15) is 51.4 Å². The summed E-state index contributed by atoms with van der Waals surface area (Å²) in [4.78, 5) is 25.7. The van der Waals surface area contributed by atoms with Crippen molar-refractivity contribution in [3.8, 4) is 11.5 Å². The molecular formula is C24H25F3N3O5-. The number of aromatic hydroxyl groups is 1. The maximum absolute atomic E-state index is 13.4. The van der Waals surface area contributed by atoms with Crippen LogP contribution in [0.15, 0.2) is 48.9 Å². The van der Waals surface area contributed by atoms with Gasteiger partial charge >= 0.3 is 12.1 Å². The minimum atomic E-state index is -4.87. The Morgan fingerprint density at radius 3 is 2.14 bits per heavy atom. The number of carbonyl (C=O) groups is 2. The molecule has 0 atom stereocenters. The lowest BCUT2D eigenvalue weighted by molar-refractivity contribution is -0.140. The molecule has 0 unspecified atom stereocenters. The fraction of sp³-hybridized carbons (Fsp3) is 0.292. The Hall–Kier alpha value is -3.86. The molecular weight excluding hydrogens is 467 g/mol. The minimum Gasteiger partial charge on any atom is -0.674 e. The standard InChI is InChI=1S/C19H19F3NO3.C5H6N2O2/c1-11(2)17(24)14-7-8-15(16(18(14)25)19(20,21)22)26-10-13-5-3-12(9-23)4-6-13;1-7-2-4(5(8)9)6-3-7/h3-8,11,23,25H,9-10H2,1-2H3;2-3H,1H3,(H,8,9)/q-1;. The highest BCUT2D eigenvalue weighted by molar-refractivity contribution is 6.00. The molecule has 2 aromatic carbocycles. The molecule has 0 amide bonds. The summed E-state index contributed by atoms with van der Waals surface area (Å²) in [6.45, 7) is 3.05. The van der Waals surface area contributed by atoms with Crippen LogP contribution in [0.3, 0.4) is 0 Å². The Morgan fingerprint density at radius 2 is 1.71 bits per heavy atom. The van der Waals surface area contributed by atoms with Crippen LogP contribution in [0.2, 0.25) is 0 Å². The Balaban J connectivity index is 0.000000402. The number of nitrogens with zero attached hydrogens (tertiary/aromatic N) is 2. The van der Waals surface area contributed by atoms with Gasteiger partial charge in [-0.05, 0) is 17.7 Å². The number of carboxylic acids is 1. The molecule has 3 N–H and O–H groups in total. The number of alkyl halides is 3. The number of halogens is 3. The number of rotatable bonds is 7. The van der Waals surface area contributed by atoms with Crippen LogP contribution in [-0.4, -0.2) is 31.5 Å². The molecule has 0 spiro atoms. The number of hydrogen-bond acceptors (Lipinski definition) is 5. The third kappa shape index (κ3) is 7.31. The molecule has 188 valence electrons. The zero-order chi connectivity index (χ0) is 26.3. The van der Waals surface area contributed by atoms with E-state index < -0.39 is 40.9 Å². The van der Waals surface area contributed by atoms with Crippen LogP contribution < -0.4 is 4.74 Å². The third-order valence-electron chi connectivity index (χ3n) is 4.76. The molecule has 0 radical (unpaired) electrons. The third-order valence-corrected chi connectivity index (χ3v) is 4.76. The monoisotopic (exact) mass is 492 g/mol. The quantitative estimate of drug-likeness (QED) is 0.420. The molecule has 3 aromatic rings. The van der Waals surface area contributed by atoms with Crippen LogP contribution in [0.25, 0.3) is 5.73 Å². The molecule has 1 heterocycles. The summed E-state index contributed by atoms with van der Waals surface area (Å²) in [5.74, 6) is -3.77. The lowest BCUT2D eigenvalue weighted by Gasteiger charge is -2.18. The van der Waals surface area contributed by atoms with E-state index in [1.54, 1.807) is 49.7 Å². The number of aryl methyl sites for hydroxylation is 1. The second kappa shape index (κ2) is 11.5. The van der Waals surface area contributed by atoms with Gasteiger partial charge in [0.2, 0.25) is 0 Å². The van der Waals surface area contributed by atoms with Gasteiger partial charge in [0, 0.05) is 19.2 Å². The summed E-state index contributed by atoms with van der Waals surface area (Å²) in [7, 11) is 1.72. The summed E-state index contributed by atoms with van der Waals surface area (Å²) in [5, 5.41) is 18.4. The minimum absolute atomic E-state index is 0.0810. The highest BCUT2D eigenvalue weighted by Crippen LogP contribution is 2.44. The van der Waals surface area contributed by atoms with Crippen LogP contribution in [0, 0.1) is 5.92 Å². The van der Waals surface area contributed by atoms with Gasteiger partial charge in [-0.3, -0.25) is 4.79 Å². The SMILES string of the molecule is CC(C)C(=O)c1ccc(OCc2ccc(C[NH-])cc2)c(C(F)(F)F)c1O.Cn1cnc(C(=O)O)c1. The first-order chi connectivity index (χ1) is 16.3. The maximum atomic E-state index is 13.4. The van der Waals surface area contributed by atoms with Gasteiger partial charge in [-0.2, -0.15) is 13.2 Å². The van der Waals surface area contributed by atoms with Crippen molar-refractivity contribution in [3.63, 3.8) is 0 Å². The van der Waals surface area contributed by atoms with E-state index in [1.807, 2.05) is 0 Å². The zero-order valence-corrected chi connectivity index (χ0v) is 19.3. The van der Waals surface area contributed by atoms with E-state index in [9.17, 15) is 27.9 Å². The van der Waals surface area contributed by atoms with Crippen molar-refractivity contribution in [2.45, 2.75) is 33.2 Å². The van der Waals surface area contributed by atoms with Crippen LogP contribution in [-0.2, 0) is 26.4 Å². The smallest absolute Gasteiger partial charge is 0.423 e. The molecule has 3 rings (SSSR count). The van der Waals surface area contributed by atoms with Crippen molar-refractivity contribution in [1.29, 1.82) is 0 Å². The lowest BCUT2D eigenvalue weighted by atomic mass is 9.97. The van der Waals surface area contributed by atoms with Gasteiger partial charge in [0.25, 0.3) is 0 Å². The Bertz CT molecular complexity index is 1170. The first-order valence-electron chi connectivity index (χ1n) is 10.4. The number of carbonyl (C=O) groups excluding carboxylic acids is 1. The molecule has 11 heteroatoms. The average Bonchev–Trinajstić information content (AvgIpc) is 3.24. The predicted octanol–water partition coefficient (Wildman–Crippen LogP) is 5.50. The topological polar surface area (TPSA) is 125 Å². The summed E-state index contributed by atoms with van der Waals surface area (Å²) in [6.07, 6.45) is -1.98. The molecule has 0 fully saturated rings. The number of Topliss-reactive ketones (excluding diaryl/α,β-unsaturated/α-hetero) is 1. The summed E-state index contributed by atoms with van der Waals surface area (Å²) in [6, 6.07) is 8.90. The van der Waals surface area contributed by atoms with Gasteiger partial charge in [0.1, 0.15) is 23.7 Å². The van der Waals surface area contributed by atoms with Crippen LogP contribution in [0.5, 0.6) is 11.5 Å². The van der Waals surface area contributed by atoms with Crippen molar-refractivity contribution >= 4 is 11.8 Å². The number of aromatic nitrogens is 2. The van der Waals surface area contributed by atoms with Crippen molar-refractivity contribution in [2.75, 3.05) is 0 Å². The van der Waals surface area contributed by atoms with E-state index in [1.165, 1.54) is 12.5 Å². The highest BCUT2D eigenvalue weighted by Gasteiger charge is 2.39. The molecule has 35 heavy (non-hydrogen) atoms. The summed E-state index contributed by atoms with van der Waals surface area (Å²) in [5.41, 5.74) is 6.99. The number of hydrogen-bond donors (Lipinski definition) is 2. The van der Waals surface area contributed by atoms with E-state index in [2.05, 4.69) is 4.98 Å². The lowest BCUT2D eigenvalue weighted by Crippen LogP contribution is -2.14. The number of phenols is 1. The van der Waals surface area contributed by atoms with Gasteiger partial charge in [0.05, 0.1) is 11.9 Å². The summed E-state index contributed by atoms with van der Waals surface area (Å²) < 4.78 is 47.1. The first kappa shape index (κ1) is 27.4. The normalized spacial score (nSPS) is 11.1. The van der Waals surface area contributed by atoms with E-state index >= 15 is 0 Å². The number of ketones is 1. The second-order valence-electron chi connectivity index (χ2n) is 7.86. The van der Waals surface area contributed by atoms with Crippen LogP contribution >= 0.6 is 0 Å². The highest BCUT2D eigenvalue weighted by atomic mass is 19.4. The fourth-order valence-electron chi connectivity index (χ4n) is 2.91. The van der Waals surface area contributed by atoms with E-state index in [4.69, 9.17) is 15.6 Å². The second-order valence-corrected chi connectivity index (χ2v) is 7.86. The number of aromatic carboxylic acids is 1. The van der Waals surface area contributed by atoms with Gasteiger partial charge in [-0.15, -0.1) is 6.54 Å². The van der Waals surface area contributed by atoms with Gasteiger partial charge < -0.3 is 25.3 Å². The number of benzene rings is 2. The molecule has 0 bridgehead atoms. The number of nitrogens with one attached hydrogen (secondary N) is 1. The largest absolute Gasteiger partial charge is 0.674 e. The molecule has 0 aliphatic carbocycles. The van der Waals surface area contributed by atoms with Gasteiger partial charge in [0.15, 0.2) is 11.5 Å². The predicted molar refractivity (Wildman–Crippen MR) is 121 cm³/mol. The molecule has 0 aliphatic rings. The van der Waals surface area contributed by atoms with Crippen LogP contribution in [0.4, 0.5) is 13.2 Å². The molecule has 0 saturated heterocycles. The summed E-state index contributed by atoms with van der Waals surface area (Å²) >= 11 is 0. The van der Waals surface area contributed by atoms with Crippen molar-refractivity contribution in [3.05, 3.63) is 82.6 Å². The number of imidazole rings is 1. The maximum Gasteiger partial charge on any atom is 0.423 e. The Morgan fingerprint density at radius 1 is 1.11 bits per heavy atom. The van der Waals surface area contributed by atoms with Crippen molar-refractivity contribution < 1.29 is 37.7 Å². The van der Waals surface area contributed by atoms with Gasteiger partial charge in [-0.1, -0.05) is 43.7 Å². The number of carboxylic acid groups (broad SMARTS) is 1. The number of phenolic OH excluding ortho intramolecular Hbond substituents is 1. The zero-order valence-electron chi connectivity index (χ0n) is 19.3. The first-order valence-corrected chi connectivity index (χ1v) is 10.4. The molecule has 0 saturated carbocycles. The number of ether oxygens (including phenoxy) is 1. The molecule has 8 nitrogen and oxygen atoms in total. The van der Waals surface area contributed by atoms with Crippen molar-refractivity contribution in [2.24, 2.45) is 13.0 Å². The van der Waals surface area contributed by atoms with Gasteiger partial charge in [-0.25, -0.2) is 9.78 Å². The van der Waals surface area contributed by atoms with E-state index in [-0.39, 0.29) is 24.4 Å². The Kier molecular flexibility index (Phi) is 9.01. The van der Waals surface area contributed by atoms with Crippen molar-refractivity contribution in [1.82, 2.24) is 9.55 Å². The molecule has 0 aliphatic heterocycles. The molecule has 1 aromatic heterocycles. The average molecular weight is 492 g/mol. The fourth-order valence-corrected chi connectivity index (χ4v) is 2.91.